The Bertz CT molecular complexity index is 1160. The number of carbonyl (C=O) groups is 2. The molecule has 0 aliphatic heterocycles. The van der Waals surface area contributed by atoms with E-state index in [1.165, 1.54) is 16.5 Å². The van der Waals surface area contributed by atoms with Gasteiger partial charge in [-0.3, -0.25) is 9.59 Å². The molecular weight excluding hydrogens is 467 g/mol. The SMILES string of the molecule is CCc1ccc(OCC(=O)N(Cc2ccccc2F)[C@@H](Cc2ccccc2)C(=O)NC2CCCC2)cc1. The molecule has 1 saturated carbocycles. The van der Waals surface area contributed by atoms with Gasteiger partial charge in [-0.15, -0.1) is 0 Å². The lowest BCUT2D eigenvalue weighted by Crippen LogP contribution is -2.53. The van der Waals surface area contributed by atoms with Crippen LogP contribution in [0.15, 0.2) is 78.9 Å². The molecule has 1 fully saturated rings. The van der Waals surface area contributed by atoms with Gasteiger partial charge in [0.15, 0.2) is 6.61 Å². The molecule has 0 radical (unpaired) electrons. The van der Waals surface area contributed by atoms with Gasteiger partial charge in [0, 0.05) is 24.6 Å². The van der Waals surface area contributed by atoms with Gasteiger partial charge in [-0.2, -0.15) is 0 Å². The van der Waals surface area contributed by atoms with Crippen LogP contribution in [0.25, 0.3) is 0 Å². The second kappa shape index (κ2) is 13.0. The summed E-state index contributed by atoms with van der Waals surface area (Å²) < 4.78 is 20.5. The predicted molar refractivity (Wildman–Crippen MR) is 143 cm³/mol. The van der Waals surface area contributed by atoms with E-state index < -0.39 is 11.9 Å². The van der Waals surface area contributed by atoms with Crippen LogP contribution >= 0.6 is 0 Å². The number of rotatable bonds is 11. The van der Waals surface area contributed by atoms with E-state index in [-0.39, 0.29) is 31.0 Å². The maximum absolute atomic E-state index is 14.7. The molecule has 37 heavy (non-hydrogen) atoms. The highest BCUT2D eigenvalue weighted by molar-refractivity contribution is 5.88. The first-order valence-corrected chi connectivity index (χ1v) is 13.1. The summed E-state index contributed by atoms with van der Waals surface area (Å²) in [6.45, 7) is 1.80. The third kappa shape index (κ3) is 7.42. The fourth-order valence-electron chi connectivity index (χ4n) is 4.78. The number of carbonyl (C=O) groups excluding carboxylic acids is 2. The van der Waals surface area contributed by atoms with Gasteiger partial charge in [-0.25, -0.2) is 4.39 Å². The van der Waals surface area contributed by atoms with Gasteiger partial charge in [-0.05, 0) is 48.6 Å². The fraction of sp³-hybridized carbons (Fsp3) is 0.355. The van der Waals surface area contributed by atoms with E-state index in [2.05, 4.69) is 12.2 Å². The maximum atomic E-state index is 14.7. The van der Waals surface area contributed by atoms with E-state index in [9.17, 15) is 14.0 Å². The van der Waals surface area contributed by atoms with Crippen LogP contribution in [-0.2, 0) is 29.0 Å². The van der Waals surface area contributed by atoms with Crippen LogP contribution in [0.2, 0.25) is 0 Å². The van der Waals surface area contributed by atoms with Gasteiger partial charge < -0.3 is 15.0 Å². The van der Waals surface area contributed by atoms with Gasteiger partial charge in [0.1, 0.15) is 17.6 Å². The molecule has 1 N–H and O–H groups in total. The van der Waals surface area contributed by atoms with Crippen molar-refractivity contribution < 1.29 is 18.7 Å². The third-order valence-electron chi connectivity index (χ3n) is 6.97. The van der Waals surface area contributed by atoms with E-state index in [1.54, 1.807) is 18.2 Å². The van der Waals surface area contributed by atoms with Crippen molar-refractivity contribution in [1.29, 1.82) is 0 Å². The summed E-state index contributed by atoms with van der Waals surface area (Å²) in [4.78, 5) is 28.7. The van der Waals surface area contributed by atoms with Crippen LogP contribution in [0.4, 0.5) is 4.39 Å². The molecule has 0 aromatic heterocycles. The first-order valence-electron chi connectivity index (χ1n) is 13.1. The lowest BCUT2D eigenvalue weighted by molar-refractivity contribution is -0.143. The molecule has 194 valence electrons. The Labute approximate surface area is 218 Å². The topological polar surface area (TPSA) is 58.6 Å². The average Bonchev–Trinajstić information content (AvgIpc) is 3.44. The number of hydrogen-bond donors (Lipinski definition) is 1. The van der Waals surface area contributed by atoms with Crippen LogP contribution in [0.5, 0.6) is 5.75 Å². The summed E-state index contributed by atoms with van der Waals surface area (Å²) in [6.07, 6.45) is 5.26. The third-order valence-corrected chi connectivity index (χ3v) is 6.97. The highest BCUT2D eigenvalue weighted by atomic mass is 19.1. The Morgan fingerprint density at radius 1 is 0.946 bits per heavy atom. The van der Waals surface area contributed by atoms with Crippen molar-refractivity contribution in [2.45, 2.75) is 64.1 Å². The number of nitrogens with zero attached hydrogens (tertiary/aromatic N) is 1. The molecule has 6 heteroatoms. The molecule has 0 saturated heterocycles. The van der Waals surface area contributed by atoms with E-state index in [4.69, 9.17) is 4.74 Å². The standard InChI is InChI=1S/C31H35FN2O3/c1-2-23-16-18-27(19-17-23)37-22-30(35)34(21-25-12-6-9-15-28(25)32)29(20-24-10-4-3-5-11-24)31(36)33-26-13-7-8-14-26/h3-6,9-12,15-19,26,29H,2,7-8,13-14,20-22H2,1H3,(H,33,36)/t29-/m0/s1. The van der Waals surface area contributed by atoms with Gasteiger partial charge in [0.2, 0.25) is 5.91 Å². The van der Waals surface area contributed by atoms with E-state index in [0.29, 0.717) is 17.7 Å². The summed E-state index contributed by atoms with van der Waals surface area (Å²) >= 11 is 0. The molecule has 4 rings (SSSR count). The summed E-state index contributed by atoms with van der Waals surface area (Å²) in [5.41, 5.74) is 2.46. The van der Waals surface area contributed by atoms with E-state index >= 15 is 0 Å². The van der Waals surface area contributed by atoms with Crippen LogP contribution in [0.1, 0.15) is 49.3 Å². The Kier molecular flexibility index (Phi) is 9.30. The molecule has 5 nitrogen and oxygen atoms in total. The number of aryl methyl sites for hydroxylation is 1. The maximum Gasteiger partial charge on any atom is 0.261 e. The largest absolute Gasteiger partial charge is 0.484 e. The molecule has 0 bridgehead atoms. The number of hydrogen-bond acceptors (Lipinski definition) is 3. The lowest BCUT2D eigenvalue weighted by Gasteiger charge is -2.32. The van der Waals surface area contributed by atoms with Crippen molar-refractivity contribution in [3.8, 4) is 5.75 Å². The highest BCUT2D eigenvalue weighted by Gasteiger charge is 2.32. The number of halogens is 1. The summed E-state index contributed by atoms with van der Waals surface area (Å²) in [6, 6.07) is 22.9. The summed E-state index contributed by atoms with van der Waals surface area (Å²) in [5.74, 6) is -0.421. The normalized spacial score (nSPS) is 14.2. The lowest BCUT2D eigenvalue weighted by atomic mass is 10.0. The second-order valence-corrected chi connectivity index (χ2v) is 9.59. The minimum atomic E-state index is -0.804. The van der Waals surface area contributed by atoms with Crippen molar-refractivity contribution in [3.63, 3.8) is 0 Å². The molecule has 0 spiro atoms. The zero-order chi connectivity index (χ0) is 26.0. The highest BCUT2D eigenvalue weighted by Crippen LogP contribution is 2.21. The Morgan fingerprint density at radius 3 is 2.30 bits per heavy atom. The molecule has 0 heterocycles. The van der Waals surface area contributed by atoms with E-state index in [1.807, 2.05) is 54.6 Å². The van der Waals surface area contributed by atoms with Crippen LogP contribution < -0.4 is 10.1 Å². The zero-order valence-electron chi connectivity index (χ0n) is 21.4. The van der Waals surface area contributed by atoms with Crippen molar-refractivity contribution in [3.05, 3.63) is 101 Å². The number of benzene rings is 3. The van der Waals surface area contributed by atoms with Crippen molar-refractivity contribution in [1.82, 2.24) is 10.2 Å². The van der Waals surface area contributed by atoms with Crippen LogP contribution in [0.3, 0.4) is 0 Å². The van der Waals surface area contributed by atoms with Crippen molar-refractivity contribution in [2.24, 2.45) is 0 Å². The number of ether oxygens (including phenoxy) is 1. The zero-order valence-corrected chi connectivity index (χ0v) is 21.4. The minimum absolute atomic E-state index is 0.0285. The molecule has 2 amide bonds. The predicted octanol–water partition coefficient (Wildman–Crippen LogP) is 5.47. The fourth-order valence-corrected chi connectivity index (χ4v) is 4.78. The first-order chi connectivity index (χ1) is 18.0. The molecule has 1 atom stereocenters. The summed E-state index contributed by atoms with van der Waals surface area (Å²) in [5, 5.41) is 3.15. The smallest absolute Gasteiger partial charge is 0.261 e. The molecule has 3 aromatic carbocycles. The van der Waals surface area contributed by atoms with E-state index in [0.717, 1.165) is 37.7 Å². The monoisotopic (exact) mass is 502 g/mol. The molecule has 0 unspecified atom stereocenters. The van der Waals surface area contributed by atoms with Crippen molar-refractivity contribution >= 4 is 11.8 Å². The Hall–Kier alpha value is -3.67. The Balaban J connectivity index is 1.60. The second-order valence-electron chi connectivity index (χ2n) is 9.59. The summed E-state index contributed by atoms with van der Waals surface area (Å²) in [7, 11) is 0. The molecule has 3 aromatic rings. The minimum Gasteiger partial charge on any atom is -0.484 e. The van der Waals surface area contributed by atoms with Crippen LogP contribution in [0, 0.1) is 5.82 Å². The number of nitrogens with one attached hydrogen (secondary N) is 1. The molecular formula is C31H35FN2O3. The first kappa shape index (κ1) is 26.4. The molecule has 1 aliphatic carbocycles. The number of amides is 2. The van der Waals surface area contributed by atoms with Gasteiger partial charge in [0.25, 0.3) is 5.91 Å². The van der Waals surface area contributed by atoms with Crippen molar-refractivity contribution in [2.75, 3.05) is 6.61 Å². The van der Waals surface area contributed by atoms with Gasteiger partial charge in [-0.1, -0.05) is 80.4 Å². The van der Waals surface area contributed by atoms with Crippen LogP contribution in [-0.4, -0.2) is 35.4 Å². The molecule has 1 aliphatic rings. The van der Waals surface area contributed by atoms with Gasteiger partial charge >= 0.3 is 0 Å². The average molecular weight is 503 g/mol. The van der Waals surface area contributed by atoms with Gasteiger partial charge in [0.05, 0.1) is 0 Å². The quantitative estimate of drug-likeness (QED) is 0.379. The Morgan fingerprint density at radius 2 is 1.62 bits per heavy atom.